The summed E-state index contributed by atoms with van der Waals surface area (Å²) in [7, 11) is 0. The van der Waals surface area contributed by atoms with E-state index in [9.17, 15) is 14.4 Å². The van der Waals surface area contributed by atoms with Crippen LogP contribution in [0.3, 0.4) is 0 Å². The van der Waals surface area contributed by atoms with Crippen molar-refractivity contribution in [3.05, 3.63) is 77.9 Å². The topological polar surface area (TPSA) is 141 Å². The summed E-state index contributed by atoms with van der Waals surface area (Å²) < 4.78 is 5.86. The van der Waals surface area contributed by atoms with Crippen LogP contribution in [0.25, 0.3) is 0 Å². The van der Waals surface area contributed by atoms with Crippen LogP contribution in [0.2, 0.25) is 0 Å². The fraction of sp³-hybridized carbons (Fsp3) is 0.0909. The Morgan fingerprint density at radius 1 is 1.03 bits per heavy atom. The third kappa shape index (κ3) is 4.01. The number of fused-ring (bicyclic) bond motifs is 1. The largest absolute Gasteiger partial charge is 0.472 e. The minimum atomic E-state index is -0.940. The highest BCUT2D eigenvalue weighted by atomic mass is 16.5. The first kappa shape index (κ1) is 19.9. The molecule has 9 heteroatoms. The Labute approximate surface area is 177 Å². The average Bonchev–Trinajstić information content (AvgIpc) is 2.76. The van der Waals surface area contributed by atoms with Gasteiger partial charge in [-0.2, -0.15) is 0 Å². The van der Waals surface area contributed by atoms with Gasteiger partial charge in [-0.3, -0.25) is 19.3 Å². The maximum absolute atomic E-state index is 13.2. The summed E-state index contributed by atoms with van der Waals surface area (Å²) >= 11 is 0. The second-order valence-electron chi connectivity index (χ2n) is 6.85. The molecular weight excluding hydrogens is 398 g/mol. The van der Waals surface area contributed by atoms with Crippen LogP contribution in [-0.4, -0.2) is 29.3 Å². The van der Waals surface area contributed by atoms with Gasteiger partial charge in [-0.15, -0.1) is 0 Å². The fourth-order valence-electron chi connectivity index (χ4n) is 3.29. The molecule has 9 nitrogen and oxygen atoms in total. The lowest BCUT2D eigenvalue weighted by Gasteiger charge is -2.33. The van der Waals surface area contributed by atoms with Gasteiger partial charge >= 0.3 is 0 Å². The molecule has 0 radical (unpaired) electrons. The Morgan fingerprint density at radius 2 is 1.74 bits per heavy atom. The van der Waals surface area contributed by atoms with Crippen LogP contribution >= 0.6 is 0 Å². The van der Waals surface area contributed by atoms with Crippen molar-refractivity contribution in [2.75, 3.05) is 22.5 Å². The van der Waals surface area contributed by atoms with Crippen molar-refractivity contribution in [3.8, 4) is 5.75 Å². The molecule has 1 aromatic heterocycles. The SMILES string of the molecule is NC(=O)c1ccccc1NC(=O)CN1C(=O)C(c2ccccc2)Oc2ccc(N)nc21. The number of nitrogens with zero attached hydrogens (tertiary/aromatic N) is 2. The van der Waals surface area contributed by atoms with E-state index in [1.165, 1.54) is 11.0 Å². The van der Waals surface area contributed by atoms with Crippen molar-refractivity contribution >= 4 is 35.0 Å². The molecule has 156 valence electrons. The van der Waals surface area contributed by atoms with Gasteiger partial charge in [0.25, 0.3) is 11.8 Å². The van der Waals surface area contributed by atoms with Crippen molar-refractivity contribution in [2.24, 2.45) is 5.73 Å². The first-order chi connectivity index (χ1) is 14.9. The smallest absolute Gasteiger partial charge is 0.274 e. The highest BCUT2D eigenvalue weighted by Gasteiger charge is 2.37. The van der Waals surface area contributed by atoms with E-state index in [2.05, 4.69) is 10.3 Å². The van der Waals surface area contributed by atoms with Crippen LogP contribution < -0.4 is 26.4 Å². The molecule has 3 aromatic rings. The van der Waals surface area contributed by atoms with Gasteiger partial charge in [0.2, 0.25) is 12.0 Å². The number of aromatic nitrogens is 1. The van der Waals surface area contributed by atoms with Crippen LogP contribution in [0, 0.1) is 0 Å². The number of pyridine rings is 1. The van der Waals surface area contributed by atoms with Gasteiger partial charge in [0, 0.05) is 5.56 Å². The molecule has 1 unspecified atom stereocenters. The minimum absolute atomic E-state index is 0.149. The maximum atomic E-state index is 13.2. The van der Waals surface area contributed by atoms with Gasteiger partial charge in [-0.25, -0.2) is 4.98 Å². The van der Waals surface area contributed by atoms with E-state index in [0.717, 1.165) is 0 Å². The lowest BCUT2D eigenvalue weighted by Crippen LogP contribution is -2.45. The van der Waals surface area contributed by atoms with E-state index in [1.54, 1.807) is 54.6 Å². The normalized spacial score (nSPS) is 15.0. The number of nitrogen functional groups attached to an aromatic ring is 1. The number of amides is 3. The van der Waals surface area contributed by atoms with Crippen LogP contribution in [-0.2, 0) is 9.59 Å². The highest BCUT2D eigenvalue weighted by Crippen LogP contribution is 2.38. The zero-order valence-electron chi connectivity index (χ0n) is 16.3. The Kier molecular flexibility index (Phi) is 5.23. The zero-order valence-corrected chi connectivity index (χ0v) is 16.3. The molecule has 1 aliphatic rings. The number of carbonyl (C=O) groups is 3. The van der Waals surface area contributed by atoms with Crippen LogP contribution in [0.5, 0.6) is 5.75 Å². The van der Waals surface area contributed by atoms with E-state index in [4.69, 9.17) is 16.2 Å². The molecule has 0 spiro atoms. The molecule has 0 fully saturated rings. The summed E-state index contributed by atoms with van der Waals surface area (Å²) in [5.74, 6) is -1.02. The number of para-hydroxylation sites is 1. The Bertz CT molecular complexity index is 1170. The third-order valence-electron chi connectivity index (χ3n) is 4.72. The van der Waals surface area contributed by atoms with E-state index >= 15 is 0 Å². The molecule has 3 amide bonds. The molecule has 1 aliphatic heterocycles. The first-order valence-corrected chi connectivity index (χ1v) is 9.42. The maximum Gasteiger partial charge on any atom is 0.274 e. The van der Waals surface area contributed by atoms with Gasteiger partial charge in [0.05, 0.1) is 11.3 Å². The third-order valence-corrected chi connectivity index (χ3v) is 4.72. The lowest BCUT2D eigenvalue weighted by atomic mass is 10.1. The van der Waals surface area contributed by atoms with Gasteiger partial charge in [0.15, 0.2) is 11.6 Å². The van der Waals surface area contributed by atoms with E-state index < -0.39 is 23.8 Å². The van der Waals surface area contributed by atoms with Crippen LogP contribution in [0.4, 0.5) is 17.3 Å². The molecule has 0 aliphatic carbocycles. The number of benzene rings is 2. The summed E-state index contributed by atoms with van der Waals surface area (Å²) in [6, 6.07) is 18.4. The number of primary amides is 1. The van der Waals surface area contributed by atoms with Crippen LogP contribution in [0.15, 0.2) is 66.7 Å². The summed E-state index contributed by atoms with van der Waals surface area (Å²) in [5, 5.41) is 2.63. The van der Waals surface area contributed by atoms with E-state index in [1.807, 2.05) is 6.07 Å². The first-order valence-electron chi connectivity index (χ1n) is 9.42. The number of hydrogen-bond acceptors (Lipinski definition) is 6. The van der Waals surface area contributed by atoms with E-state index in [0.29, 0.717) is 11.3 Å². The molecule has 0 bridgehead atoms. The molecule has 0 saturated heterocycles. The molecule has 1 atom stereocenters. The number of hydrogen-bond donors (Lipinski definition) is 3. The summed E-state index contributed by atoms with van der Waals surface area (Å²) in [5.41, 5.74) is 12.2. The number of carbonyl (C=O) groups excluding carboxylic acids is 3. The summed E-state index contributed by atoms with van der Waals surface area (Å²) in [6.45, 7) is -0.359. The standard InChI is InChI=1S/C22H19N5O4/c23-17-11-10-16-21(26-17)27(22(30)19(31-16)13-6-2-1-3-7-13)12-18(28)25-15-9-5-4-8-14(15)20(24)29/h1-11,19H,12H2,(H2,23,26)(H2,24,29)(H,25,28). The molecule has 0 saturated carbocycles. The summed E-state index contributed by atoms with van der Waals surface area (Å²) in [4.78, 5) is 43.0. The van der Waals surface area contributed by atoms with Gasteiger partial charge < -0.3 is 21.5 Å². The van der Waals surface area contributed by atoms with Crippen molar-refractivity contribution in [3.63, 3.8) is 0 Å². The quantitative estimate of drug-likeness (QED) is 0.579. The Balaban J connectivity index is 1.64. The number of nitrogens with one attached hydrogen (secondary N) is 1. The monoisotopic (exact) mass is 417 g/mol. The second kappa shape index (κ2) is 8.15. The van der Waals surface area contributed by atoms with Crippen molar-refractivity contribution in [2.45, 2.75) is 6.10 Å². The molecular formula is C22H19N5O4. The second-order valence-corrected chi connectivity index (χ2v) is 6.85. The van der Waals surface area contributed by atoms with Gasteiger partial charge in [0.1, 0.15) is 12.4 Å². The van der Waals surface area contributed by atoms with Crippen molar-refractivity contribution in [1.82, 2.24) is 4.98 Å². The van der Waals surface area contributed by atoms with Gasteiger partial charge in [-0.1, -0.05) is 42.5 Å². The molecule has 4 rings (SSSR count). The van der Waals surface area contributed by atoms with Crippen LogP contribution in [0.1, 0.15) is 22.0 Å². The van der Waals surface area contributed by atoms with Crippen molar-refractivity contribution < 1.29 is 19.1 Å². The molecule has 2 aromatic carbocycles. The average molecular weight is 417 g/mol. The number of anilines is 3. The highest BCUT2D eigenvalue weighted by molar-refractivity contribution is 6.08. The molecule has 2 heterocycles. The lowest BCUT2D eigenvalue weighted by molar-refractivity contribution is -0.128. The van der Waals surface area contributed by atoms with Crippen molar-refractivity contribution in [1.29, 1.82) is 0 Å². The minimum Gasteiger partial charge on any atom is -0.472 e. The Hall–Kier alpha value is -4.40. The number of rotatable bonds is 5. The Morgan fingerprint density at radius 3 is 2.48 bits per heavy atom. The molecule has 31 heavy (non-hydrogen) atoms. The zero-order chi connectivity index (χ0) is 22.0. The van der Waals surface area contributed by atoms with Gasteiger partial charge in [-0.05, 0) is 24.3 Å². The summed E-state index contributed by atoms with van der Waals surface area (Å²) in [6.07, 6.45) is -0.940. The number of nitrogens with two attached hydrogens (primary N) is 2. The predicted octanol–water partition coefficient (Wildman–Crippen LogP) is 1.87. The predicted molar refractivity (Wildman–Crippen MR) is 114 cm³/mol. The fourth-order valence-corrected chi connectivity index (χ4v) is 3.29. The van der Waals surface area contributed by atoms with E-state index in [-0.39, 0.29) is 29.4 Å². The number of ether oxygens (including phenoxy) is 1. The molecule has 5 N–H and O–H groups in total.